The predicted molar refractivity (Wildman–Crippen MR) is 61.9 cm³/mol. The molecule has 1 aromatic rings. The quantitative estimate of drug-likeness (QED) is 0.688. The normalized spacial score (nSPS) is 9.53. The van der Waals surface area contributed by atoms with Crippen molar-refractivity contribution < 1.29 is 4.74 Å². The number of nitriles is 1. The van der Waals surface area contributed by atoms with Gasteiger partial charge in [0.25, 0.3) is 0 Å². The molecule has 78 valence electrons. The Morgan fingerprint density at radius 3 is 2.40 bits per heavy atom. The van der Waals surface area contributed by atoms with Crippen molar-refractivity contribution in [3.05, 3.63) is 34.9 Å². The molecule has 0 amide bonds. The first kappa shape index (κ1) is 11.3. The SMILES string of the molecule is C=C(C#N)c1cc(C)c(OC)c(C)c1C. The Morgan fingerprint density at radius 2 is 1.93 bits per heavy atom. The minimum atomic E-state index is 0.501. The van der Waals surface area contributed by atoms with Crippen LogP contribution in [0.3, 0.4) is 0 Å². The highest BCUT2D eigenvalue weighted by Crippen LogP contribution is 2.31. The summed E-state index contributed by atoms with van der Waals surface area (Å²) in [4.78, 5) is 0. The maximum absolute atomic E-state index is 8.84. The lowest BCUT2D eigenvalue weighted by atomic mass is 9.95. The average molecular weight is 201 g/mol. The molecule has 0 saturated carbocycles. The van der Waals surface area contributed by atoms with Gasteiger partial charge in [-0.1, -0.05) is 6.58 Å². The van der Waals surface area contributed by atoms with Gasteiger partial charge < -0.3 is 4.74 Å². The van der Waals surface area contributed by atoms with Crippen molar-refractivity contribution in [2.24, 2.45) is 0 Å². The van der Waals surface area contributed by atoms with Crippen molar-refractivity contribution in [1.82, 2.24) is 0 Å². The maximum atomic E-state index is 8.84. The van der Waals surface area contributed by atoms with E-state index in [9.17, 15) is 0 Å². The van der Waals surface area contributed by atoms with Crippen LogP contribution in [0.25, 0.3) is 5.57 Å². The molecule has 15 heavy (non-hydrogen) atoms. The van der Waals surface area contributed by atoms with E-state index < -0.39 is 0 Å². The molecular weight excluding hydrogens is 186 g/mol. The number of aryl methyl sites for hydroxylation is 1. The molecule has 0 fully saturated rings. The molecule has 0 saturated heterocycles. The van der Waals surface area contributed by atoms with E-state index >= 15 is 0 Å². The molecule has 0 spiro atoms. The molecule has 0 heterocycles. The molecule has 0 unspecified atom stereocenters. The fourth-order valence-electron chi connectivity index (χ4n) is 1.75. The molecular formula is C13H15NO. The standard InChI is InChI=1S/C13H15NO/c1-8-6-12(9(2)7-14)10(3)11(4)13(8)15-5/h6H,2H2,1,3-5H3. The van der Waals surface area contributed by atoms with Gasteiger partial charge in [-0.2, -0.15) is 5.26 Å². The van der Waals surface area contributed by atoms with Gasteiger partial charge in [0, 0.05) is 0 Å². The molecule has 1 aromatic carbocycles. The van der Waals surface area contributed by atoms with Gasteiger partial charge in [0.15, 0.2) is 0 Å². The van der Waals surface area contributed by atoms with E-state index in [1.807, 2.05) is 26.8 Å². The van der Waals surface area contributed by atoms with Gasteiger partial charge in [0.2, 0.25) is 0 Å². The number of nitrogens with zero attached hydrogens (tertiary/aromatic N) is 1. The second-order valence-electron chi connectivity index (χ2n) is 3.61. The summed E-state index contributed by atoms with van der Waals surface area (Å²) in [5.41, 5.74) is 4.58. The summed E-state index contributed by atoms with van der Waals surface area (Å²) in [6.45, 7) is 9.69. The molecule has 2 nitrogen and oxygen atoms in total. The third-order valence-electron chi connectivity index (χ3n) is 2.69. The maximum Gasteiger partial charge on any atom is 0.124 e. The van der Waals surface area contributed by atoms with Crippen LogP contribution in [0.2, 0.25) is 0 Å². The zero-order valence-corrected chi connectivity index (χ0v) is 9.64. The Balaban J connectivity index is 3.49. The van der Waals surface area contributed by atoms with Crippen LogP contribution >= 0.6 is 0 Å². The van der Waals surface area contributed by atoms with Gasteiger partial charge in [-0.05, 0) is 49.1 Å². The zero-order valence-electron chi connectivity index (χ0n) is 9.64. The number of rotatable bonds is 2. The second-order valence-corrected chi connectivity index (χ2v) is 3.61. The van der Waals surface area contributed by atoms with Gasteiger partial charge in [0.1, 0.15) is 5.75 Å². The minimum Gasteiger partial charge on any atom is -0.496 e. The van der Waals surface area contributed by atoms with E-state index in [1.54, 1.807) is 7.11 Å². The first-order valence-corrected chi connectivity index (χ1v) is 4.77. The Hall–Kier alpha value is -1.75. The number of benzene rings is 1. The lowest BCUT2D eigenvalue weighted by Gasteiger charge is -2.14. The van der Waals surface area contributed by atoms with Crippen LogP contribution in [0, 0.1) is 32.1 Å². The van der Waals surface area contributed by atoms with Gasteiger partial charge in [0.05, 0.1) is 18.8 Å². The third kappa shape index (κ3) is 1.87. The molecule has 0 bridgehead atoms. The van der Waals surface area contributed by atoms with Crippen LogP contribution in [-0.2, 0) is 0 Å². The first-order valence-electron chi connectivity index (χ1n) is 4.77. The lowest BCUT2D eigenvalue weighted by Crippen LogP contribution is -1.97. The van der Waals surface area contributed by atoms with Crippen LogP contribution in [0.5, 0.6) is 5.75 Å². The van der Waals surface area contributed by atoms with Gasteiger partial charge >= 0.3 is 0 Å². The van der Waals surface area contributed by atoms with Crippen LogP contribution in [0.4, 0.5) is 0 Å². The number of methoxy groups -OCH3 is 1. The molecule has 1 rings (SSSR count). The van der Waals surface area contributed by atoms with Crippen molar-refractivity contribution >= 4 is 5.57 Å². The van der Waals surface area contributed by atoms with Crippen LogP contribution in [-0.4, -0.2) is 7.11 Å². The lowest BCUT2D eigenvalue weighted by molar-refractivity contribution is 0.408. The number of allylic oxidation sites excluding steroid dienone is 1. The average Bonchev–Trinajstić information content (AvgIpc) is 2.23. The molecule has 0 aliphatic carbocycles. The smallest absolute Gasteiger partial charge is 0.124 e. The van der Waals surface area contributed by atoms with Crippen molar-refractivity contribution in [2.75, 3.05) is 7.11 Å². The van der Waals surface area contributed by atoms with Gasteiger partial charge in [-0.25, -0.2) is 0 Å². The molecule has 0 aromatic heterocycles. The summed E-state index contributed by atoms with van der Waals surface area (Å²) >= 11 is 0. The van der Waals surface area contributed by atoms with Gasteiger partial charge in [-0.3, -0.25) is 0 Å². The van der Waals surface area contributed by atoms with E-state index in [2.05, 4.69) is 12.6 Å². The van der Waals surface area contributed by atoms with Crippen molar-refractivity contribution in [1.29, 1.82) is 5.26 Å². The van der Waals surface area contributed by atoms with Crippen molar-refractivity contribution in [2.45, 2.75) is 20.8 Å². The summed E-state index contributed by atoms with van der Waals surface area (Å²) in [5.74, 6) is 0.891. The Kier molecular flexibility index (Phi) is 3.16. The Morgan fingerprint density at radius 1 is 1.33 bits per heavy atom. The number of hydrogen-bond donors (Lipinski definition) is 0. The Bertz CT molecular complexity index is 453. The van der Waals surface area contributed by atoms with Crippen LogP contribution in [0.1, 0.15) is 22.3 Å². The molecule has 0 aliphatic rings. The van der Waals surface area contributed by atoms with E-state index in [-0.39, 0.29) is 0 Å². The predicted octanol–water partition coefficient (Wildman–Crippen LogP) is 3.16. The van der Waals surface area contributed by atoms with Crippen LogP contribution in [0.15, 0.2) is 12.6 Å². The zero-order chi connectivity index (χ0) is 11.6. The van der Waals surface area contributed by atoms with E-state index in [4.69, 9.17) is 10.00 Å². The summed E-state index contributed by atoms with van der Waals surface area (Å²) in [6, 6.07) is 4.03. The van der Waals surface area contributed by atoms with Gasteiger partial charge in [-0.15, -0.1) is 0 Å². The van der Waals surface area contributed by atoms with Crippen LogP contribution < -0.4 is 4.74 Å². The topological polar surface area (TPSA) is 33.0 Å². The fraction of sp³-hybridized carbons (Fsp3) is 0.308. The van der Waals surface area contributed by atoms with Crippen molar-refractivity contribution in [3.63, 3.8) is 0 Å². The highest BCUT2D eigenvalue weighted by molar-refractivity contribution is 5.78. The molecule has 0 radical (unpaired) electrons. The summed E-state index contributed by atoms with van der Waals surface area (Å²) in [5, 5.41) is 8.84. The van der Waals surface area contributed by atoms with E-state index in [1.165, 1.54) is 0 Å². The summed E-state index contributed by atoms with van der Waals surface area (Å²) in [6.07, 6.45) is 0. The molecule has 0 atom stereocenters. The van der Waals surface area contributed by atoms with E-state index in [0.29, 0.717) is 5.57 Å². The number of hydrogen-bond acceptors (Lipinski definition) is 2. The minimum absolute atomic E-state index is 0.501. The molecule has 0 N–H and O–H groups in total. The Labute approximate surface area is 90.8 Å². The molecule has 0 aliphatic heterocycles. The largest absolute Gasteiger partial charge is 0.496 e. The highest BCUT2D eigenvalue weighted by Gasteiger charge is 2.11. The highest BCUT2D eigenvalue weighted by atomic mass is 16.5. The summed E-state index contributed by atoms with van der Waals surface area (Å²) < 4.78 is 5.31. The fourth-order valence-corrected chi connectivity index (χ4v) is 1.75. The van der Waals surface area contributed by atoms with Crippen molar-refractivity contribution in [3.8, 4) is 11.8 Å². The second kappa shape index (κ2) is 4.18. The third-order valence-corrected chi connectivity index (χ3v) is 2.69. The monoisotopic (exact) mass is 201 g/mol. The van der Waals surface area contributed by atoms with E-state index in [0.717, 1.165) is 28.0 Å². The summed E-state index contributed by atoms with van der Waals surface area (Å²) in [7, 11) is 1.66. The molecule has 2 heteroatoms. The number of ether oxygens (including phenoxy) is 1. The first-order chi connectivity index (χ1) is 7.02.